The van der Waals surface area contributed by atoms with Crippen molar-refractivity contribution in [3.8, 4) is 11.5 Å². The molecule has 0 aliphatic carbocycles. The molecule has 0 heterocycles. The van der Waals surface area contributed by atoms with Crippen LogP contribution >= 0.6 is 0 Å². The standard InChI is InChI=1S/C11H13F2NO4/c1-17-8-3-2-7(5-14-6-10(15)16)4-9(8)18-11(12)13/h2-4,11,14H,5-6H2,1H3,(H,15,16). The van der Waals surface area contributed by atoms with Crippen LogP contribution in [0.15, 0.2) is 18.2 Å². The molecule has 7 heteroatoms. The molecule has 0 spiro atoms. The second-order valence-electron chi connectivity index (χ2n) is 3.36. The first-order valence-electron chi connectivity index (χ1n) is 5.07. The fraction of sp³-hybridized carbons (Fsp3) is 0.364. The van der Waals surface area contributed by atoms with Gasteiger partial charge in [-0.05, 0) is 17.7 Å². The van der Waals surface area contributed by atoms with E-state index in [-0.39, 0.29) is 24.6 Å². The zero-order chi connectivity index (χ0) is 13.5. The van der Waals surface area contributed by atoms with Crippen LogP contribution in [-0.4, -0.2) is 31.3 Å². The van der Waals surface area contributed by atoms with Crippen LogP contribution in [-0.2, 0) is 11.3 Å². The number of nitrogens with one attached hydrogen (secondary N) is 1. The van der Waals surface area contributed by atoms with Gasteiger partial charge in [-0.15, -0.1) is 0 Å². The molecule has 0 saturated carbocycles. The number of carboxylic acids is 1. The van der Waals surface area contributed by atoms with Gasteiger partial charge in [0.15, 0.2) is 11.5 Å². The third kappa shape index (κ3) is 4.54. The highest BCUT2D eigenvalue weighted by molar-refractivity contribution is 5.69. The van der Waals surface area contributed by atoms with Gasteiger partial charge in [0.2, 0.25) is 0 Å². The molecule has 18 heavy (non-hydrogen) atoms. The zero-order valence-corrected chi connectivity index (χ0v) is 9.65. The highest BCUT2D eigenvalue weighted by Gasteiger charge is 2.11. The maximum Gasteiger partial charge on any atom is 0.387 e. The van der Waals surface area contributed by atoms with Crippen LogP contribution in [0.25, 0.3) is 0 Å². The van der Waals surface area contributed by atoms with Crippen molar-refractivity contribution in [1.29, 1.82) is 0 Å². The summed E-state index contributed by atoms with van der Waals surface area (Å²) in [4.78, 5) is 10.3. The molecule has 0 amide bonds. The average Bonchev–Trinajstić information content (AvgIpc) is 2.28. The number of aliphatic carboxylic acids is 1. The van der Waals surface area contributed by atoms with E-state index in [1.165, 1.54) is 19.2 Å². The smallest absolute Gasteiger partial charge is 0.387 e. The summed E-state index contributed by atoms with van der Waals surface area (Å²) in [5, 5.41) is 11.1. The first-order chi connectivity index (χ1) is 8.52. The second-order valence-corrected chi connectivity index (χ2v) is 3.36. The molecule has 1 aromatic rings. The minimum atomic E-state index is -2.94. The fourth-order valence-corrected chi connectivity index (χ4v) is 1.33. The number of hydrogen-bond acceptors (Lipinski definition) is 4. The maximum absolute atomic E-state index is 12.2. The molecular weight excluding hydrogens is 248 g/mol. The topological polar surface area (TPSA) is 67.8 Å². The molecule has 1 aromatic carbocycles. The van der Waals surface area contributed by atoms with Crippen molar-refractivity contribution in [3.63, 3.8) is 0 Å². The Morgan fingerprint density at radius 1 is 1.44 bits per heavy atom. The molecule has 2 N–H and O–H groups in total. The summed E-state index contributed by atoms with van der Waals surface area (Å²) in [6.07, 6.45) is 0. The Balaban J connectivity index is 2.72. The van der Waals surface area contributed by atoms with E-state index in [1.807, 2.05) is 0 Å². The van der Waals surface area contributed by atoms with Crippen LogP contribution in [0.1, 0.15) is 5.56 Å². The van der Waals surface area contributed by atoms with Crippen molar-refractivity contribution in [2.45, 2.75) is 13.2 Å². The lowest BCUT2D eigenvalue weighted by molar-refractivity contribution is -0.136. The Hall–Kier alpha value is -1.89. The Morgan fingerprint density at radius 3 is 2.72 bits per heavy atom. The predicted octanol–water partition coefficient (Wildman–Crippen LogP) is 1.47. The van der Waals surface area contributed by atoms with Gasteiger partial charge in [-0.3, -0.25) is 4.79 Å². The number of benzene rings is 1. The summed E-state index contributed by atoms with van der Waals surface area (Å²) in [6, 6.07) is 4.49. The summed E-state index contributed by atoms with van der Waals surface area (Å²) in [5.74, 6) is -0.882. The lowest BCUT2D eigenvalue weighted by atomic mass is 10.2. The number of alkyl halides is 2. The van der Waals surface area contributed by atoms with Gasteiger partial charge in [0, 0.05) is 6.54 Å². The van der Waals surface area contributed by atoms with E-state index in [0.717, 1.165) is 0 Å². The maximum atomic E-state index is 12.2. The van der Waals surface area contributed by atoms with Gasteiger partial charge in [0.25, 0.3) is 0 Å². The van der Waals surface area contributed by atoms with Crippen molar-refractivity contribution >= 4 is 5.97 Å². The number of methoxy groups -OCH3 is 1. The lowest BCUT2D eigenvalue weighted by Gasteiger charge is -2.11. The second kappa shape index (κ2) is 6.75. The molecule has 0 bridgehead atoms. The van der Waals surface area contributed by atoms with Crippen LogP contribution in [0.2, 0.25) is 0 Å². The van der Waals surface area contributed by atoms with Crippen molar-refractivity contribution < 1.29 is 28.2 Å². The number of ether oxygens (including phenoxy) is 2. The first kappa shape index (κ1) is 14.2. The summed E-state index contributed by atoms with van der Waals surface area (Å²) >= 11 is 0. The van der Waals surface area contributed by atoms with Crippen molar-refractivity contribution in [1.82, 2.24) is 5.32 Å². The fourth-order valence-electron chi connectivity index (χ4n) is 1.33. The Labute approximate surface area is 102 Å². The lowest BCUT2D eigenvalue weighted by Crippen LogP contribution is -2.21. The van der Waals surface area contributed by atoms with Gasteiger partial charge in [0.05, 0.1) is 13.7 Å². The minimum absolute atomic E-state index is 0.0814. The van der Waals surface area contributed by atoms with Crippen LogP contribution < -0.4 is 14.8 Å². The molecule has 0 aliphatic rings. The summed E-state index contributed by atoms with van der Waals surface area (Å²) in [6.45, 7) is -2.92. The molecule has 0 radical (unpaired) electrons. The molecule has 0 saturated heterocycles. The third-order valence-corrected chi connectivity index (χ3v) is 2.05. The van der Waals surface area contributed by atoms with Gasteiger partial charge in [-0.1, -0.05) is 6.07 Å². The van der Waals surface area contributed by atoms with Gasteiger partial charge >= 0.3 is 12.6 Å². The minimum Gasteiger partial charge on any atom is -0.493 e. The largest absolute Gasteiger partial charge is 0.493 e. The van der Waals surface area contributed by atoms with Gasteiger partial charge in [0.1, 0.15) is 0 Å². The van der Waals surface area contributed by atoms with Crippen molar-refractivity contribution in [3.05, 3.63) is 23.8 Å². The highest BCUT2D eigenvalue weighted by Crippen LogP contribution is 2.29. The van der Waals surface area contributed by atoms with E-state index in [1.54, 1.807) is 6.07 Å². The molecule has 0 unspecified atom stereocenters. The number of halogens is 2. The van der Waals surface area contributed by atoms with Crippen LogP contribution in [0.4, 0.5) is 8.78 Å². The predicted molar refractivity (Wildman–Crippen MR) is 59.0 cm³/mol. The van der Waals surface area contributed by atoms with Gasteiger partial charge in [-0.2, -0.15) is 8.78 Å². The van der Waals surface area contributed by atoms with Gasteiger partial charge in [-0.25, -0.2) is 0 Å². The molecule has 0 atom stereocenters. The number of rotatable bonds is 7. The Morgan fingerprint density at radius 2 is 2.17 bits per heavy atom. The first-order valence-corrected chi connectivity index (χ1v) is 5.07. The zero-order valence-electron chi connectivity index (χ0n) is 9.65. The molecule has 100 valence electrons. The molecule has 5 nitrogen and oxygen atoms in total. The van der Waals surface area contributed by atoms with E-state index in [9.17, 15) is 13.6 Å². The van der Waals surface area contributed by atoms with Crippen molar-refractivity contribution in [2.75, 3.05) is 13.7 Å². The quantitative estimate of drug-likeness (QED) is 0.778. The number of carbonyl (C=O) groups is 1. The molecule has 1 rings (SSSR count). The Kier molecular flexibility index (Phi) is 5.31. The number of carboxylic acid groups (broad SMARTS) is 1. The molecule has 0 aromatic heterocycles. The summed E-state index contributed by atoms with van der Waals surface area (Å²) in [5.41, 5.74) is 0.618. The molecular formula is C11H13F2NO4. The monoisotopic (exact) mass is 261 g/mol. The van der Waals surface area contributed by atoms with E-state index in [0.29, 0.717) is 5.56 Å². The van der Waals surface area contributed by atoms with Gasteiger partial charge < -0.3 is 19.9 Å². The van der Waals surface area contributed by atoms with E-state index < -0.39 is 12.6 Å². The van der Waals surface area contributed by atoms with E-state index in [2.05, 4.69) is 10.1 Å². The SMILES string of the molecule is COc1ccc(CNCC(=O)O)cc1OC(F)F. The molecule has 0 fully saturated rings. The van der Waals surface area contributed by atoms with Crippen LogP contribution in [0.5, 0.6) is 11.5 Å². The highest BCUT2D eigenvalue weighted by atomic mass is 19.3. The summed E-state index contributed by atoms with van der Waals surface area (Å²) in [7, 11) is 1.34. The van der Waals surface area contributed by atoms with E-state index >= 15 is 0 Å². The van der Waals surface area contributed by atoms with Crippen LogP contribution in [0, 0.1) is 0 Å². The van der Waals surface area contributed by atoms with E-state index in [4.69, 9.17) is 9.84 Å². The number of hydrogen-bond donors (Lipinski definition) is 2. The Bertz CT molecular complexity index is 412. The third-order valence-electron chi connectivity index (χ3n) is 2.05. The summed E-state index contributed by atoms with van der Waals surface area (Å²) < 4.78 is 33.5. The average molecular weight is 261 g/mol. The van der Waals surface area contributed by atoms with Crippen molar-refractivity contribution in [2.24, 2.45) is 0 Å². The molecule has 0 aliphatic heterocycles. The normalized spacial score (nSPS) is 10.4. The van der Waals surface area contributed by atoms with Crippen LogP contribution in [0.3, 0.4) is 0 Å².